The van der Waals surface area contributed by atoms with Gasteiger partial charge in [-0.05, 0) is 17.7 Å². The number of benzene rings is 1. The standard InChI is InChI=1S/C8H7NO.C4H4N2/c10-8-5-6-3-1-2-4-7(6)9-8;1-2-5-4-6-3-1/h1-4H,5H2,(H,9,10);1-4H. The molecule has 1 amide bonds. The van der Waals surface area contributed by atoms with E-state index >= 15 is 0 Å². The van der Waals surface area contributed by atoms with Gasteiger partial charge in [-0.3, -0.25) is 4.79 Å². The highest BCUT2D eigenvalue weighted by atomic mass is 16.1. The second-order valence-corrected chi connectivity index (χ2v) is 3.29. The van der Waals surface area contributed by atoms with E-state index in [0.717, 1.165) is 11.3 Å². The molecule has 2 heterocycles. The lowest BCUT2D eigenvalue weighted by Crippen LogP contribution is -2.03. The number of fused-ring (bicyclic) bond motifs is 1. The van der Waals surface area contributed by atoms with Gasteiger partial charge in [0, 0.05) is 18.1 Å². The summed E-state index contributed by atoms with van der Waals surface area (Å²) < 4.78 is 0. The van der Waals surface area contributed by atoms with Gasteiger partial charge in [0.15, 0.2) is 0 Å². The number of anilines is 1. The number of aromatic nitrogens is 2. The fraction of sp³-hybridized carbons (Fsp3) is 0.0833. The van der Waals surface area contributed by atoms with Crippen molar-refractivity contribution in [3.63, 3.8) is 0 Å². The molecule has 0 bridgehead atoms. The van der Waals surface area contributed by atoms with Gasteiger partial charge in [-0.15, -0.1) is 0 Å². The molecule has 4 heteroatoms. The molecule has 1 aromatic heterocycles. The Hall–Kier alpha value is -2.23. The van der Waals surface area contributed by atoms with Crippen molar-refractivity contribution in [2.75, 3.05) is 5.32 Å². The van der Waals surface area contributed by atoms with Crippen molar-refractivity contribution >= 4 is 11.6 Å². The molecule has 1 aliphatic heterocycles. The SMILES string of the molecule is O=C1Cc2ccccc2N1.c1cncnc1. The van der Waals surface area contributed by atoms with E-state index in [0.29, 0.717) is 6.42 Å². The van der Waals surface area contributed by atoms with Gasteiger partial charge in [0.2, 0.25) is 5.91 Å². The first-order chi connectivity index (χ1) is 7.86. The van der Waals surface area contributed by atoms with E-state index in [-0.39, 0.29) is 5.91 Å². The van der Waals surface area contributed by atoms with E-state index in [4.69, 9.17) is 0 Å². The Morgan fingerprint density at radius 1 is 1.06 bits per heavy atom. The number of hydrogen-bond donors (Lipinski definition) is 1. The number of nitrogens with zero attached hydrogens (tertiary/aromatic N) is 2. The fourth-order valence-corrected chi connectivity index (χ4v) is 1.42. The van der Waals surface area contributed by atoms with Gasteiger partial charge in [0.1, 0.15) is 6.33 Å². The quantitative estimate of drug-likeness (QED) is 0.724. The smallest absolute Gasteiger partial charge is 0.228 e. The number of nitrogens with one attached hydrogen (secondary N) is 1. The highest BCUT2D eigenvalue weighted by Gasteiger charge is 2.15. The Kier molecular flexibility index (Phi) is 3.23. The van der Waals surface area contributed by atoms with Gasteiger partial charge in [-0.1, -0.05) is 18.2 Å². The molecule has 3 rings (SSSR count). The van der Waals surface area contributed by atoms with Crippen molar-refractivity contribution in [3.8, 4) is 0 Å². The zero-order valence-corrected chi connectivity index (χ0v) is 8.63. The summed E-state index contributed by atoms with van der Waals surface area (Å²) in [4.78, 5) is 18.1. The molecular formula is C12H11N3O. The Balaban J connectivity index is 0.000000138. The van der Waals surface area contributed by atoms with Crippen LogP contribution in [0.4, 0.5) is 5.69 Å². The van der Waals surface area contributed by atoms with Crippen molar-refractivity contribution in [2.24, 2.45) is 0 Å². The summed E-state index contributed by atoms with van der Waals surface area (Å²) in [6.45, 7) is 0. The van der Waals surface area contributed by atoms with Crippen LogP contribution in [0, 0.1) is 0 Å². The Bertz CT molecular complexity index is 417. The maximum atomic E-state index is 10.8. The Morgan fingerprint density at radius 3 is 2.38 bits per heavy atom. The van der Waals surface area contributed by atoms with Gasteiger partial charge >= 0.3 is 0 Å². The molecule has 1 aliphatic rings. The zero-order chi connectivity index (χ0) is 11.2. The molecule has 16 heavy (non-hydrogen) atoms. The molecule has 4 nitrogen and oxygen atoms in total. The van der Waals surface area contributed by atoms with E-state index in [2.05, 4.69) is 15.3 Å². The average Bonchev–Trinajstić information content (AvgIpc) is 2.72. The van der Waals surface area contributed by atoms with Gasteiger partial charge in [-0.2, -0.15) is 0 Å². The summed E-state index contributed by atoms with van der Waals surface area (Å²) in [6.07, 6.45) is 5.41. The Morgan fingerprint density at radius 2 is 1.81 bits per heavy atom. The first kappa shape index (κ1) is 10.3. The molecule has 1 aromatic carbocycles. The average molecular weight is 213 g/mol. The summed E-state index contributed by atoms with van der Waals surface area (Å²) in [5.74, 6) is 0.0983. The van der Waals surface area contributed by atoms with Gasteiger partial charge in [-0.25, -0.2) is 9.97 Å². The van der Waals surface area contributed by atoms with E-state index in [1.807, 2.05) is 24.3 Å². The number of carbonyl (C=O) groups excluding carboxylic acids is 1. The zero-order valence-electron chi connectivity index (χ0n) is 8.63. The predicted octanol–water partition coefficient (Wildman–Crippen LogP) is 1.66. The summed E-state index contributed by atoms with van der Waals surface area (Å²) in [6, 6.07) is 9.52. The molecular weight excluding hydrogens is 202 g/mol. The molecule has 0 aliphatic carbocycles. The van der Waals surface area contributed by atoms with Crippen LogP contribution in [0.25, 0.3) is 0 Å². The van der Waals surface area contributed by atoms with E-state index < -0.39 is 0 Å². The molecule has 0 radical (unpaired) electrons. The van der Waals surface area contributed by atoms with Crippen molar-refractivity contribution in [1.29, 1.82) is 0 Å². The maximum absolute atomic E-state index is 10.8. The van der Waals surface area contributed by atoms with Crippen molar-refractivity contribution < 1.29 is 4.79 Å². The van der Waals surface area contributed by atoms with Crippen LogP contribution >= 0.6 is 0 Å². The Labute approximate surface area is 93.4 Å². The van der Waals surface area contributed by atoms with Crippen LogP contribution in [0.5, 0.6) is 0 Å². The van der Waals surface area contributed by atoms with Crippen LogP contribution < -0.4 is 5.32 Å². The minimum absolute atomic E-state index is 0.0983. The van der Waals surface area contributed by atoms with Gasteiger partial charge in [0.25, 0.3) is 0 Å². The molecule has 0 fully saturated rings. The minimum atomic E-state index is 0.0983. The van der Waals surface area contributed by atoms with Crippen molar-refractivity contribution in [1.82, 2.24) is 9.97 Å². The number of hydrogen-bond acceptors (Lipinski definition) is 3. The molecule has 0 atom stereocenters. The third-order valence-corrected chi connectivity index (χ3v) is 2.12. The van der Waals surface area contributed by atoms with Crippen molar-refractivity contribution in [3.05, 3.63) is 54.6 Å². The normalized spacial score (nSPS) is 12.1. The third-order valence-electron chi connectivity index (χ3n) is 2.12. The molecule has 80 valence electrons. The van der Waals surface area contributed by atoms with Crippen LogP contribution in [0.1, 0.15) is 5.56 Å². The van der Waals surface area contributed by atoms with Crippen molar-refractivity contribution in [2.45, 2.75) is 6.42 Å². The first-order valence-corrected chi connectivity index (χ1v) is 4.94. The summed E-state index contributed by atoms with van der Waals surface area (Å²) in [5.41, 5.74) is 2.07. The van der Waals surface area contributed by atoms with Gasteiger partial charge in [0.05, 0.1) is 6.42 Å². The number of amides is 1. The van der Waals surface area contributed by atoms with E-state index in [1.54, 1.807) is 18.5 Å². The number of rotatable bonds is 0. The molecule has 0 spiro atoms. The number of para-hydroxylation sites is 1. The van der Waals surface area contributed by atoms with Gasteiger partial charge < -0.3 is 5.32 Å². The molecule has 2 aromatic rings. The third kappa shape index (κ3) is 2.63. The summed E-state index contributed by atoms with van der Waals surface area (Å²) >= 11 is 0. The lowest BCUT2D eigenvalue weighted by Gasteiger charge is -1.93. The maximum Gasteiger partial charge on any atom is 0.228 e. The summed E-state index contributed by atoms with van der Waals surface area (Å²) in [5, 5.41) is 2.76. The predicted molar refractivity (Wildman–Crippen MR) is 60.8 cm³/mol. The lowest BCUT2D eigenvalue weighted by atomic mass is 10.2. The second-order valence-electron chi connectivity index (χ2n) is 3.29. The van der Waals surface area contributed by atoms with E-state index in [1.165, 1.54) is 6.33 Å². The minimum Gasteiger partial charge on any atom is -0.326 e. The molecule has 1 N–H and O–H groups in total. The second kappa shape index (κ2) is 5.02. The highest BCUT2D eigenvalue weighted by Crippen LogP contribution is 2.20. The lowest BCUT2D eigenvalue weighted by molar-refractivity contribution is -0.115. The van der Waals surface area contributed by atoms with Crippen LogP contribution in [0.3, 0.4) is 0 Å². The fourth-order valence-electron chi connectivity index (χ4n) is 1.42. The van der Waals surface area contributed by atoms with Crippen LogP contribution in [0.15, 0.2) is 49.1 Å². The van der Waals surface area contributed by atoms with Crippen LogP contribution in [-0.4, -0.2) is 15.9 Å². The summed E-state index contributed by atoms with van der Waals surface area (Å²) in [7, 11) is 0. The molecule has 0 saturated carbocycles. The topological polar surface area (TPSA) is 54.9 Å². The highest BCUT2D eigenvalue weighted by molar-refractivity contribution is 5.98. The number of carbonyl (C=O) groups is 1. The largest absolute Gasteiger partial charge is 0.326 e. The van der Waals surface area contributed by atoms with Crippen LogP contribution in [-0.2, 0) is 11.2 Å². The molecule has 0 unspecified atom stereocenters. The monoisotopic (exact) mass is 213 g/mol. The van der Waals surface area contributed by atoms with Crippen LogP contribution in [0.2, 0.25) is 0 Å². The molecule has 0 saturated heterocycles. The first-order valence-electron chi connectivity index (χ1n) is 4.94. The van der Waals surface area contributed by atoms with E-state index in [9.17, 15) is 4.79 Å².